The van der Waals surface area contributed by atoms with Gasteiger partial charge in [-0.3, -0.25) is 13.9 Å². The molecule has 76 valence electrons. The van der Waals surface area contributed by atoms with Crippen LogP contribution in [0, 0.1) is 0 Å². The first-order chi connectivity index (χ1) is 6.57. The molecular formula is C9H13N3O2. The minimum Gasteiger partial charge on any atom is -0.368 e. The normalized spacial score (nSPS) is 9.86. The molecule has 1 rings (SSSR count). The van der Waals surface area contributed by atoms with Crippen LogP contribution in [-0.4, -0.2) is 15.7 Å². The molecule has 0 bridgehead atoms. The van der Waals surface area contributed by atoms with E-state index >= 15 is 0 Å². The first-order valence-corrected chi connectivity index (χ1v) is 4.19. The predicted octanol–water partition coefficient (Wildman–Crippen LogP) is -0.318. The van der Waals surface area contributed by atoms with Crippen LogP contribution in [0.25, 0.3) is 0 Å². The fourth-order valence-corrected chi connectivity index (χ4v) is 1.08. The molecule has 1 aromatic heterocycles. The molecular weight excluding hydrogens is 182 g/mol. The van der Waals surface area contributed by atoms with Gasteiger partial charge in [-0.05, 0) is 0 Å². The lowest BCUT2D eigenvalue weighted by molar-refractivity contribution is 0.690. The van der Waals surface area contributed by atoms with Gasteiger partial charge in [0, 0.05) is 26.7 Å². The van der Waals surface area contributed by atoms with Gasteiger partial charge in [0.2, 0.25) is 0 Å². The van der Waals surface area contributed by atoms with Crippen molar-refractivity contribution < 1.29 is 0 Å². The number of nitrogens with one attached hydrogen (secondary N) is 1. The van der Waals surface area contributed by atoms with E-state index in [1.54, 1.807) is 13.1 Å². The van der Waals surface area contributed by atoms with Crippen molar-refractivity contribution in [3.8, 4) is 0 Å². The molecule has 5 heteroatoms. The molecule has 5 nitrogen and oxygen atoms in total. The zero-order chi connectivity index (χ0) is 10.7. The number of hydrogen-bond acceptors (Lipinski definition) is 3. The van der Waals surface area contributed by atoms with E-state index in [9.17, 15) is 9.59 Å². The second-order valence-corrected chi connectivity index (χ2v) is 2.94. The van der Waals surface area contributed by atoms with Crippen molar-refractivity contribution in [2.45, 2.75) is 0 Å². The third-order valence-corrected chi connectivity index (χ3v) is 1.95. The quantitative estimate of drug-likeness (QED) is 0.673. The van der Waals surface area contributed by atoms with E-state index in [0.717, 1.165) is 4.57 Å². The smallest absolute Gasteiger partial charge is 0.332 e. The lowest BCUT2D eigenvalue weighted by Gasteiger charge is -2.09. The SMILES string of the molecule is C=CCNc1cc(=O)n(C)c(=O)n1C. The molecule has 0 unspecified atom stereocenters. The summed E-state index contributed by atoms with van der Waals surface area (Å²) in [5.74, 6) is 0.498. The molecule has 0 aliphatic rings. The van der Waals surface area contributed by atoms with Crippen LogP contribution in [0.2, 0.25) is 0 Å². The molecule has 0 atom stereocenters. The number of aromatic nitrogens is 2. The van der Waals surface area contributed by atoms with Crippen LogP contribution in [0.4, 0.5) is 5.82 Å². The highest BCUT2D eigenvalue weighted by Crippen LogP contribution is 1.96. The van der Waals surface area contributed by atoms with Gasteiger partial charge in [0.05, 0.1) is 0 Å². The monoisotopic (exact) mass is 195 g/mol. The molecule has 1 heterocycles. The molecule has 0 fully saturated rings. The summed E-state index contributed by atoms with van der Waals surface area (Å²) in [5, 5.41) is 2.90. The van der Waals surface area contributed by atoms with Crippen molar-refractivity contribution in [1.82, 2.24) is 9.13 Å². The third kappa shape index (κ3) is 1.76. The molecule has 0 saturated carbocycles. The topological polar surface area (TPSA) is 56.0 Å². The number of nitrogens with zero attached hydrogens (tertiary/aromatic N) is 2. The van der Waals surface area contributed by atoms with Crippen molar-refractivity contribution in [2.75, 3.05) is 11.9 Å². The highest BCUT2D eigenvalue weighted by atomic mass is 16.2. The highest BCUT2D eigenvalue weighted by molar-refractivity contribution is 5.34. The van der Waals surface area contributed by atoms with Crippen molar-refractivity contribution in [1.29, 1.82) is 0 Å². The Labute approximate surface area is 81.3 Å². The molecule has 14 heavy (non-hydrogen) atoms. The Morgan fingerprint density at radius 3 is 2.64 bits per heavy atom. The van der Waals surface area contributed by atoms with E-state index < -0.39 is 0 Å². The van der Waals surface area contributed by atoms with Gasteiger partial charge < -0.3 is 5.32 Å². The summed E-state index contributed by atoms with van der Waals surface area (Å²) in [5.41, 5.74) is -0.663. The zero-order valence-corrected chi connectivity index (χ0v) is 8.28. The van der Waals surface area contributed by atoms with Gasteiger partial charge in [-0.25, -0.2) is 4.79 Å². The standard InChI is InChI=1S/C9H13N3O2/c1-4-5-10-7-6-8(13)12(3)9(14)11(7)2/h4,6,10H,1,5H2,2-3H3. The highest BCUT2D eigenvalue weighted by Gasteiger charge is 2.03. The van der Waals surface area contributed by atoms with E-state index in [4.69, 9.17) is 0 Å². The summed E-state index contributed by atoms with van der Waals surface area (Å²) in [6.45, 7) is 4.05. The largest absolute Gasteiger partial charge is 0.368 e. The van der Waals surface area contributed by atoms with E-state index in [1.165, 1.54) is 17.7 Å². The number of anilines is 1. The summed E-state index contributed by atoms with van der Waals surface area (Å²) in [6.07, 6.45) is 1.65. The van der Waals surface area contributed by atoms with Crippen molar-refractivity contribution in [3.63, 3.8) is 0 Å². The minimum atomic E-state index is -0.343. The minimum absolute atomic E-state index is 0.320. The van der Waals surface area contributed by atoms with Gasteiger partial charge in [-0.2, -0.15) is 0 Å². The Hall–Kier alpha value is -1.78. The van der Waals surface area contributed by atoms with Crippen LogP contribution < -0.4 is 16.6 Å². The fraction of sp³-hybridized carbons (Fsp3) is 0.333. The second-order valence-electron chi connectivity index (χ2n) is 2.94. The molecule has 0 spiro atoms. The van der Waals surface area contributed by atoms with Crippen LogP contribution >= 0.6 is 0 Å². The van der Waals surface area contributed by atoms with Crippen LogP contribution in [0.5, 0.6) is 0 Å². The average molecular weight is 195 g/mol. The summed E-state index contributed by atoms with van der Waals surface area (Å²) in [4.78, 5) is 22.7. The molecule has 1 aromatic rings. The second kappa shape index (κ2) is 3.95. The molecule has 1 N–H and O–H groups in total. The van der Waals surface area contributed by atoms with E-state index in [2.05, 4.69) is 11.9 Å². The molecule has 0 aliphatic heterocycles. The van der Waals surface area contributed by atoms with Crippen molar-refractivity contribution in [3.05, 3.63) is 39.6 Å². The Balaban J connectivity index is 3.26. The van der Waals surface area contributed by atoms with Crippen molar-refractivity contribution >= 4 is 5.82 Å². The Kier molecular flexibility index (Phi) is 2.91. The maximum Gasteiger partial charge on any atom is 0.332 e. The van der Waals surface area contributed by atoms with E-state index in [0.29, 0.717) is 12.4 Å². The third-order valence-electron chi connectivity index (χ3n) is 1.95. The fourth-order valence-electron chi connectivity index (χ4n) is 1.08. The Morgan fingerprint density at radius 2 is 2.07 bits per heavy atom. The number of rotatable bonds is 3. The lowest BCUT2D eigenvalue weighted by Crippen LogP contribution is -2.37. The first kappa shape index (κ1) is 10.3. The van der Waals surface area contributed by atoms with E-state index in [-0.39, 0.29) is 11.2 Å². The summed E-state index contributed by atoms with van der Waals surface area (Å²) >= 11 is 0. The zero-order valence-electron chi connectivity index (χ0n) is 8.28. The number of hydrogen-bond donors (Lipinski definition) is 1. The molecule has 0 radical (unpaired) electrons. The van der Waals surface area contributed by atoms with Gasteiger partial charge in [0.1, 0.15) is 5.82 Å². The Bertz CT molecular complexity index is 456. The van der Waals surface area contributed by atoms with Gasteiger partial charge in [0.15, 0.2) is 0 Å². The molecule has 0 saturated heterocycles. The van der Waals surface area contributed by atoms with Crippen molar-refractivity contribution in [2.24, 2.45) is 14.1 Å². The molecule has 0 aliphatic carbocycles. The van der Waals surface area contributed by atoms with Crippen LogP contribution in [-0.2, 0) is 14.1 Å². The van der Waals surface area contributed by atoms with Crippen LogP contribution in [0.3, 0.4) is 0 Å². The van der Waals surface area contributed by atoms with Gasteiger partial charge in [-0.15, -0.1) is 6.58 Å². The predicted molar refractivity (Wildman–Crippen MR) is 55.6 cm³/mol. The van der Waals surface area contributed by atoms with Gasteiger partial charge in [0.25, 0.3) is 5.56 Å². The maximum atomic E-state index is 11.4. The Morgan fingerprint density at radius 1 is 1.43 bits per heavy atom. The maximum absolute atomic E-state index is 11.4. The van der Waals surface area contributed by atoms with Crippen LogP contribution in [0.1, 0.15) is 0 Å². The van der Waals surface area contributed by atoms with Crippen LogP contribution in [0.15, 0.2) is 28.3 Å². The van der Waals surface area contributed by atoms with Gasteiger partial charge >= 0.3 is 5.69 Å². The summed E-state index contributed by atoms with van der Waals surface area (Å²) in [6, 6.07) is 1.38. The molecule has 0 aromatic carbocycles. The summed E-state index contributed by atoms with van der Waals surface area (Å²) < 4.78 is 2.43. The van der Waals surface area contributed by atoms with Gasteiger partial charge in [-0.1, -0.05) is 6.08 Å². The summed E-state index contributed by atoms with van der Waals surface area (Å²) in [7, 11) is 3.05. The first-order valence-electron chi connectivity index (χ1n) is 4.19. The van der Waals surface area contributed by atoms with E-state index in [1.807, 2.05) is 0 Å². The molecule has 0 amide bonds. The average Bonchev–Trinajstić information content (AvgIpc) is 2.18. The lowest BCUT2D eigenvalue weighted by atomic mass is 10.5.